The molecule has 0 bridgehead atoms. The lowest BCUT2D eigenvalue weighted by molar-refractivity contribution is 0.0267. The van der Waals surface area contributed by atoms with Gasteiger partial charge in [-0.2, -0.15) is 0 Å². The average molecular weight is 239 g/mol. The van der Waals surface area contributed by atoms with Crippen LogP contribution in [-0.4, -0.2) is 35.2 Å². The van der Waals surface area contributed by atoms with E-state index in [4.69, 9.17) is 0 Å². The summed E-state index contributed by atoms with van der Waals surface area (Å²) < 4.78 is 0. The molecule has 1 N–H and O–H groups in total. The molecule has 0 spiro atoms. The van der Waals surface area contributed by atoms with E-state index in [0.717, 1.165) is 30.8 Å². The minimum Gasteiger partial charge on any atom is -0.393 e. The number of hydrogen-bond acceptors (Lipinski definition) is 2. The van der Waals surface area contributed by atoms with Crippen molar-refractivity contribution in [2.24, 2.45) is 17.8 Å². The lowest BCUT2D eigenvalue weighted by Crippen LogP contribution is -2.41. The molecule has 0 aromatic carbocycles. The summed E-state index contributed by atoms with van der Waals surface area (Å²) in [5.41, 5.74) is 0. The highest BCUT2D eigenvalue weighted by molar-refractivity contribution is 4.88. The zero-order valence-corrected chi connectivity index (χ0v) is 11.7. The van der Waals surface area contributed by atoms with Gasteiger partial charge in [-0.25, -0.2) is 0 Å². The smallest absolute Gasteiger partial charge is 0.0580 e. The second-order valence-electron chi connectivity index (χ2n) is 6.82. The fraction of sp³-hybridized carbons (Fsp3) is 1.00. The van der Waals surface area contributed by atoms with Crippen molar-refractivity contribution in [3.63, 3.8) is 0 Å². The summed E-state index contributed by atoms with van der Waals surface area (Å²) in [7, 11) is 0. The molecule has 0 aliphatic heterocycles. The van der Waals surface area contributed by atoms with E-state index in [2.05, 4.69) is 25.7 Å². The van der Waals surface area contributed by atoms with Crippen molar-refractivity contribution in [1.29, 1.82) is 0 Å². The van der Waals surface area contributed by atoms with Crippen molar-refractivity contribution >= 4 is 0 Å². The maximum atomic E-state index is 10.1. The van der Waals surface area contributed by atoms with Gasteiger partial charge in [0.2, 0.25) is 0 Å². The molecule has 0 aromatic heterocycles. The van der Waals surface area contributed by atoms with Gasteiger partial charge in [0.15, 0.2) is 0 Å². The number of hydrogen-bond donors (Lipinski definition) is 1. The molecule has 100 valence electrons. The van der Waals surface area contributed by atoms with Gasteiger partial charge in [0.25, 0.3) is 0 Å². The summed E-state index contributed by atoms with van der Waals surface area (Å²) in [6.45, 7) is 9.28. The molecule has 2 rings (SSSR count). The summed E-state index contributed by atoms with van der Waals surface area (Å²) in [5, 5.41) is 10.1. The summed E-state index contributed by atoms with van der Waals surface area (Å²) in [4.78, 5) is 2.65. The fourth-order valence-electron chi connectivity index (χ4n) is 3.26. The van der Waals surface area contributed by atoms with E-state index >= 15 is 0 Å². The molecule has 0 saturated heterocycles. The Bertz CT molecular complexity index is 235. The zero-order chi connectivity index (χ0) is 12.4. The maximum Gasteiger partial charge on any atom is 0.0580 e. The minimum atomic E-state index is -0.0420. The second-order valence-corrected chi connectivity index (χ2v) is 6.82. The first kappa shape index (κ1) is 13.4. The lowest BCUT2D eigenvalue weighted by atomic mass is 9.80. The van der Waals surface area contributed by atoms with Gasteiger partial charge in [-0.1, -0.05) is 20.8 Å². The molecule has 3 atom stereocenters. The monoisotopic (exact) mass is 239 g/mol. The average Bonchev–Trinajstić information content (AvgIpc) is 3.05. The van der Waals surface area contributed by atoms with Crippen molar-refractivity contribution < 1.29 is 5.11 Å². The Labute approximate surface area is 106 Å². The van der Waals surface area contributed by atoms with Crippen molar-refractivity contribution in [2.45, 2.75) is 65.0 Å². The van der Waals surface area contributed by atoms with E-state index in [1.807, 2.05) is 0 Å². The molecule has 2 aliphatic carbocycles. The lowest BCUT2D eigenvalue weighted by Gasteiger charge is -2.36. The van der Waals surface area contributed by atoms with Crippen LogP contribution in [0.2, 0.25) is 0 Å². The molecule has 2 nitrogen and oxygen atoms in total. The van der Waals surface area contributed by atoms with Crippen molar-refractivity contribution in [1.82, 2.24) is 4.90 Å². The van der Waals surface area contributed by atoms with Crippen LogP contribution in [0.25, 0.3) is 0 Å². The molecule has 0 amide bonds. The predicted molar refractivity (Wildman–Crippen MR) is 71.9 cm³/mol. The molecule has 2 saturated carbocycles. The molecule has 0 radical (unpaired) electrons. The van der Waals surface area contributed by atoms with Gasteiger partial charge in [0.1, 0.15) is 0 Å². The molecule has 0 heterocycles. The Morgan fingerprint density at radius 1 is 1.18 bits per heavy atom. The normalized spacial score (nSPS) is 34.6. The topological polar surface area (TPSA) is 23.5 Å². The van der Waals surface area contributed by atoms with Gasteiger partial charge in [-0.15, -0.1) is 0 Å². The van der Waals surface area contributed by atoms with Crippen LogP contribution in [0, 0.1) is 17.8 Å². The van der Waals surface area contributed by atoms with Crippen LogP contribution in [0.1, 0.15) is 52.9 Å². The third-order valence-corrected chi connectivity index (χ3v) is 4.34. The first-order valence-corrected chi connectivity index (χ1v) is 7.48. The van der Waals surface area contributed by atoms with Crippen molar-refractivity contribution in [3.8, 4) is 0 Å². The van der Waals surface area contributed by atoms with Crippen LogP contribution in [0.4, 0.5) is 0 Å². The summed E-state index contributed by atoms with van der Waals surface area (Å²) in [5.74, 6) is 2.08. The predicted octanol–water partition coefficient (Wildman–Crippen LogP) is 2.90. The molecular weight excluding hydrogens is 210 g/mol. The van der Waals surface area contributed by atoms with Gasteiger partial charge in [-0.05, 0) is 49.9 Å². The summed E-state index contributed by atoms with van der Waals surface area (Å²) >= 11 is 0. The molecule has 3 unspecified atom stereocenters. The SMILES string of the molecule is CC(C)CN(CC1CC(C)CCC1O)C1CC1. The van der Waals surface area contributed by atoms with E-state index in [1.165, 1.54) is 32.2 Å². The van der Waals surface area contributed by atoms with Crippen LogP contribution < -0.4 is 0 Å². The molecule has 2 heteroatoms. The van der Waals surface area contributed by atoms with Crippen LogP contribution >= 0.6 is 0 Å². The third-order valence-electron chi connectivity index (χ3n) is 4.34. The number of aliphatic hydroxyl groups is 1. The second kappa shape index (κ2) is 5.71. The molecule has 17 heavy (non-hydrogen) atoms. The maximum absolute atomic E-state index is 10.1. The minimum absolute atomic E-state index is 0.0420. The van der Waals surface area contributed by atoms with Gasteiger partial charge in [0, 0.05) is 19.1 Å². The highest BCUT2D eigenvalue weighted by atomic mass is 16.3. The standard InChI is InChI=1S/C15H29NO/c1-11(2)9-16(14-5-6-14)10-13-8-12(3)4-7-15(13)17/h11-15,17H,4-10H2,1-3H3. The number of nitrogens with zero attached hydrogens (tertiary/aromatic N) is 1. The molecular formula is C15H29NO. The quantitative estimate of drug-likeness (QED) is 0.797. The van der Waals surface area contributed by atoms with Crippen molar-refractivity contribution in [3.05, 3.63) is 0 Å². The first-order valence-electron chi connectivity index (χ1n) is 7.48. The van der Waals surface area contributed by atoms with Crippen LogP contribution in [0.15, 0.2) is 0 Å². The summed E-state index contributed by atoms with van der Waals surface area (Å²) in [6.07, 6.45) is 6.18. The number of rotatable bonds is 5. The Morgan fingerprint density at radius 2 is 1.88 bits per heavy atom. The van der Waals surface area contributed by atoms with Crippen LogP contribution in [-0.2, 0) is 0 Å². The Morgan fingerprint density at radius 3 is 2.47 bits per heavy atom. The van der Waals surface area contributed by atoms with E-state index in [1.54, 1.807) is 0 Å². The van der Waals surface area contributed by atoms with Gasteiger partial charge in [-0.3, -0.25) is 4.90 Å². The van der Waals surface area contributed by atoms with E-state index in [0.29, 0.717) is 5.92 Å². The first-order chi connectivity index (χ1) is 8.06. The van der Waals surface area contributed by atoms with Gasteiger partial charge in [0.05, 0.1) is 6.10 Å². The molecule has 0 aromatic rings. The Balaban J connectivity index is 1.87. The Kier molecular flexibility index (Phi) is 4.48. The van der Waals surface area contributed by atoms with Crippen LogP contribution in [0.3, 0.4) is 0 Å². The fourth-order valence-corrected chi connectivity index (χ4v) is 3.26. The summed E-state index contributed by atoms with van der Waals surface area (Å²) in [6, 6.07) is 0.835. The van der Waals surface area contributed by atoms with E-state index in [-0.39, 0.29) is 6.10 Å². The zero-order valence-electron chi connectivity index (χ0n) is 11.7. The Hall–Kier alpha value is -0.0800. The van der Waals surface area contributed by atoms with Crippen molar-refractivity contribution in [2.75, 3.05) is 13.1 Å². The van der Waals surface area contributed by atoms with Gasteiger partial charge < -0.3 is 5.11 Å². The number of aliphatic hydroxyl groups excluding tert-OH is 1. The van der Waals surface area contributed by atoms with Crippen LogP contribution in [0.5, 0.6) is 0 Å². The van der Waals surface area contributed by atoms with Gasteiger partial charge >= 0.3 is 0 Å². The van der Waals surface area contributed by atoms with E-state index < -0.39 is 0 Å². The highest BCUT2D eigenvalue weighted by Crippen LogP contribution is 2.33. The molecule has 2 fully saturated rings. The molecule has 2 aliphatic rings. The largest absolute Gasteiger partial charge is 0.393 e. The third kappa shape index (κ3) is 3.96. The highest BCUT2D eigenvalue weighted by Gasteiger charge is 2.34. The van der Waals surface area contributed by atoms with E-state index in [9.17, 15) is 5.11 Å².